The number of anilines is 1. The number of Topliss-reactive ketones (excluding diaryl/α,β-unsaturated/α-hetero) is 1. The Morgan fingerprint density at radius 3 is 2.46 bits per heavy atom. The first-order valence-electron chi connectivity index (χ1n) is 10.7. The molecule has 0 aliphatic carbocycles. The first-order valence-corrected chi connectivity index (χ1v) is 10.7. The van der Waals surface area contributed by atoms with E-state index in [2.05, 4.69) is 9.97 Å². The molecule has 0 bridgehead atoms. The Kier molecular flexibility index (Phi) is 5.44. The lowest BCUT2D eigenvalue weighted by Crippen LogP contribution is -2.30. The average Bonchev–Trinajstić information content (AvgIpc) is 3.42. The first-order chi connectivity index (χ1) is 16.9. The number of rotatable bonds is 5. The van der Waals surface area contributed by atoms with Crippen LogP contribution in [0.25, 0.3) is 16.8 Å². The molecule has 35 heavy (non-hydrogen) atoms. The molecule has 2 heterocycles. The molecular formula is C26H20FN3O5. The Bertz CT molecular complexity index is 1460. The second-order valence-electron chi connectivity index (χ2n) is 7.86. The summed E-state index contributed by atoms with van der Waals surface area (Å²) in [6.07, 6.45) is 0. The Balaban J connectivity index is 1.74. The fourth-order valence-corrected chi connectivity index (χ4v) is 4.20. The van der Waals surface area contributed by atoms with Crippen LogP contribution in [0, 0.1) is 5.82 Å². The van der Waals surface area contributed by atoms with E-state index >= 15 is 0 Å². The summed E-state index contributed by atoms with van der Waals surface area (Å²) in [5.74, 6) is -1.85. The van der Waals surface area contributed by atoms with Crippen LogP contribution in [0.15, 0.2) is 72.3 Å². The zero-order valence-electron chi connectivity index (χ0n) is 18.8. The van der Waals surface area contributed by atoms with E-state index in [1.54, 1.807) is 30.3 Å². The van der Waals surface area contributed by atoms with Crippen molar-refractivity contribution in [3.63, 3.8) is 0 Å². The number of amides is 1. The van der Waals surface area contributed by atoms with Crippen LogP contribution in [0.2, 0.25) is 0 Å². The number of imidazole rings is 1. The van der Waals surface area contributed by atoms with Crippen LogP contribution in [-0.2, 0) is 9.59 Å². The average molecular weight is 473 g/mol. The largest absolute Gasteiger partial charge is 0.507 e. The van der Waals surface area contributed by atoms with Crippen molar-refractivity contribution in [2.24, 2.45) is 0 Å². The van der Waals surface area contributed by atoms with Crippen molar-refractivity contribution in [1.29, 1.82) is 0 Å². The van der Waals surface area contributed by atoms with Crippen LogP contribution in [0.3, 0.4) is 0 Å². The molecule has 9 heteroatoms. The number of benzene rings is 3. The van der Waals surface area contributed by atoms with Crippen molar-refractivity contribution in [1.82, 2.24) is 9.97 Å². The van der Waals surface area contributed by atoms with E-state index in [1.165, 1.54) is 49.5 Å². The highest BCUT2D eigenvalue weighted by atomic mass is 19.1. The van der Waals surface area contributed by atoms with E-state index < -0.39 is 29.3 Å². The molecule has 1 amide bonds. The molecule has 2 N–H and O–H groups in total. The second-order valence-corrected chi connectivity index (χ2v) is 7.86. The number of aromatic nitrogens is 2. The Morgan fingerprint density at radius 1 is 1.03 bits per heavy atom. The molecule has 0 spiro atoms. The Hall–Kier alpha value is -4.66. The minimum Gasteiger partial charge on any atom is -0.507 e. The van der Waals surface area contributed by atoms with Crippen LogP contribution in [0.1, 0.15) is 17.2 Å². The molecule has 8 nitrogen and oxygen atoms in total. The van der Waals surface area contributed by atoms with Gasteiger partial charge in [0.15, 0.2) is 0 Å². The number of H-pyrrole nitrogens is 1. The van der Waals surface area contributed by atoms with Gasteiger partial charge in [0.05, 0.1) is 42.4 Å². The van der Waals surface area contributed by atoms with Gasteiger partial charge in [-0.25, -0.2) is 9.37 Å². The van der Waals surface area contributed by atoms with E-state index in [0.29, 0.717) is 22.3 Å². The second kappa shape index (κ2) is 8.60. The van der Waals surface area contributed by atoms with Crippen molar-refractivity contribution >= 4 is 34.4 Å². The maximum Gasteiger partial charge on any atom is 0.302 e. The van der Waals surface area contributed by atoms with E-state index in [-0.39, 0.29) is 22.8 Å². The third-order valence-corrected chi connectivity index (χ3v) is 5.90. The highest BCUT2D eigenvalue weighted by Crippen LogP contribution is 2.43. The fraction of sp³-hybridized carbons (Fsp3) is 0.115. The van der Waals surface area contributed by atoms with E-state index in [9.17, 15) is 19.1 Å². The van der Waals surface area contributed by atoms with Crippen LogP contribution in [-0.4, -0.2) is 41.0 Å². The van der Waals surface area contributed by atoms with E-state index in [4.69, 9.17) is 9.47 Å². The summed E-state index contributed by atoms with van der Waals surface area (Å²) >= 11 is 0. The molecule has 4 aromatic rings. The number of ether oxygens (including phenoxy) is 2. The molecule has 5 rings (SSSR count). The standard InChI is InChI=1S/C26H20FN3O5/c1-34-16-11-12-17(20(13-16)35-2)23(31)21-22(14-7-9-15(27)10-8-14)30(25(33)24(21)32)26-28-18-5-3-4-6-19(18)29-26/h3-13,22,31H,1-2H3,(H,28,29)/b23-21+. The predicted molar refractivity (Wildman–Crippen MR) is 127 cm³/mol. The quantitative estimate of drug-likeness (QED) is 0.254. The lowest BCUT2D eigenvalue weighted by Gasteiger charge is -2.23. The Morgan fingerprint density at radius 2 is 1.77 bits per heavy atom. The number of carbonyl (C=O) groups is 2. The normalized spacial score (nSPS) is 17.2. The SMILES string of the molecule is COc1ccc(/C(O)=C2\C(=O)C(=O)N(c3nc4ccccc4[nH]3)C2c2ccc(F)cc2)c(OC)c1. The number of methoxy groups -OCH3 is 2. The molecule has 0 radical (unpaired) electrons. The number of fused-ring (bicyclic) bond motifs is 1. The number of aliphatic hydroxyl groups excluding tert-OH is 1. The van der Waals surface area contributed by atoms with Crippen molar-refractivity contribution in [3.8, 4) is 11.5 Å². The molecule has 1 fully saturated rings. The third kappa shape index (κ3) is 3.67. The maximum atomic E-state index is 13.7. The number of aliphatic hydroxyl groups is 1. The molecule has 1 unspecified atom stereocenters. The number of nitrogens with one attached hydrogen (secondary N) is 1. The van der Waals surface area contributed by atoms with Crippen LogP contribution >= 0.6 is 0 Å². The maximum absolute atomic E-state index is 13.7. The fourth-order valence-electron chi connectivity index (χ4n) is 4.20. The van der Waals surface area contributed by atoms with E-state index in [0.717, 1.165) is 0 Å². The lowest BCUT2D eigenvalue weighted by atomic mass is 9.95. The minimum absolute atomic E-state index is 0.128. The number of aromatic amines is 1. The van der Waals surface area contributed by atoms with Gasteiger partial charge in [-0.05, 0) is 42.0 Å². The van der Waals surface area contributed by atoms with Gasteiger partial charge in [-0.3, -0.25) is 14.5 Å². The number of ketones is 1. The summed E-state index contributed by atoms with van der Waals surface area (Å²) in [5.41, 5.74) is 1.70. The van der Waals surface area contributed by atoms with Gasteiger partial charge in [-0.2, -0.15) is 0 Å². The van der Waals surface area contributed by atoms with Crippen molar-refractivity contribution in [3.05, 3.63) is 89.2 Å². The molecule has 1 aromatic heterocycles. The highest BCUT2D eigenvalue weighted by molar-refractivity contribution is 6.51. The number of hydrogen-bond acceptors (Lipinski definition) is 6. The van der Waals surface area contributed by atoms with Gasteiger partial charge in [0, 0.05) is 6.07 Å². The third-order valence-electron chi connectivity index (χ3n) is 5.90. The van der Waals surface area contributed by atoms with Gasteiger partial charge in [-0.15, -0.1) is 0 Å². The zero-order chi connectivity index (χ0) is 24.7. The molecule has 3 aromatic carbocycles. The van der Waals surface area contributed by atoms with Crippen LogP contribution < -0.4 is 14.4 Å². The number of hydrogen-bond donors (Lipinski definition) is 2. The number of para-hydroxylation sites is 2. The van der Waals surface area contributed by atoms with Gasteiger partial charge in [0.2, 0.25) is 5.95 Å². The van der Waals surface area contributed by atoms with Crippen molar-refractivity contribution in [2.45, 2.75) is 6.04 Å². The van der Waals surface area contributed by atoms with Crippen LogP contribution in [0.5, 0.6) is 11.5 Å². The van der Waals surface area contributed by atoms with Crippen molar-refractivity contribution < 1.29 is 28.6 Å². The molecular weight excluding hydrogens is 453 g/mol. The summed E-state index contributed by atoms with van der Waals surface area (Å²) in [4.78, 5) is 35.3. The van der Waals surface area contributed by atoms with Crippen molar-refractivity contribution in [2.75, 3.05) is 19.1 Å². The predicted octanol–water partition coefficient (Wildman–Crippen LogP) is 4.35. The van der Waals surface area contributed by atoms with Crippen LogP contribution in [0.4, 0.5) is 10.3 Å². The van der Waals surface area contributed by atoms with Gasteiger partial charge >= 0.3 is 5.91 Å². The minimum atomic E-state index is -1.07. The summed E-state index contributed by atoms with van der Waals surface area (Å²) in [7, 11) is 2.90. The number of halogens is 1. The molecule has 176 valence electrons. The molecule has 1 aliphatic heterocycles. The molecule has 1 saturated heterocycles. The van der Waals surface area contributed by atoms with Gasteiger partial charge in [0.1, 0.15) is 23.1 Å². The molecule has 1 atom stereocenters. The summed E-state index contributed by atoms with van der Waals surface area (Å²) < 4.78 is 24.3. The van der Waals surface area contributed by atoms with Gasteiger partial charge in [-0.1, -0.05) is 24.3 Å². The van der Waals surface area contributed by atoms with E-state index in [1.807, 2.05) is 6.07 Å². The van der Waals surface area contributed by atoms with Gasteiger partial charge < -0.3 is 19.6 Å². The zero-order valence-corrected chi connectivity index (χ0v) is 18.8. The summed E-state index contributed by atoms with van der Waals surface area (Å²) in [6.45, 7) is 0. The Labute approximate surface area is 199 Å². The summed E-state index contributed by atoms with van der Waals surface area (Å²) in [6, 6.07) is 16.1. The summed E-state index contributed by atoms with van der Waals surface area (Å²) in [5, 5.41) is 11.3. The van der Waals surface area contributed by atoms with Gasteiger partial charge in [0.25, 0.3) is 5.78 Å². The highest BCUT2D eigenvalue weighted by Gasteiger charge is 2.48. The molecule has 1 aliphatic rings. The lowest BCUT2D eigenvalue weighted by molar-refractivity contribution is -0.132. The monoisotopic (exact) mass is 473 g/mol. The number of nitrogens with zero attached hydrogens (tertiary/aromatic N) is 2. The molecule has 0 saturated carbocycles. The topological polar surface area (TPSA) is 105 Å². The first kappa shape index (κ1) is 22.1. The number of carbonyl (C=O) groups excluding carboxylic acids is 2. The smallest absolute Gasteiger partial charge is 0.302 e.